The first-order chi connectivity index (χ1) is 18.0. The molecule has 1 saturated carbocycles. The summed E-state index contributed by atoms with van der Waals surface area (Å²) >= 11 is 0. The highest BCUT2D eigenvalue weighted by Crippen LogP contribution is 2.19. The lowest BCUT2D eigenvalue weighted by molar-refractivity contribution is -0.114. The van der Waals surface area contributed by atoms with E-state index in [-0.39, 0.29) is 36.3 Å². The van der Waals surface area contributed by atoms with Crippen LogP contribution in [0.1, 0.15) is 71.3 Å². The monoisotopic (exact) mass is 498 g/mol. The fourth-order valence-electron chi connectivity index (χ4n) is 4.49. The molecule has 4 N–H and O–H groups in total. The Hall–Kier alpha value is -4.13. The van der Waals surface area contributed by atoms with Crippen LogP contribution in [0.2, 0.25) is 0 Å². The van der Waals surface area contributed by atoms with E-state index in [0.717, 1.165) is 36.9 Å². The normalized spacial score (nSPS) is 14.3. The van der Waals surface area contributed by atoms with E-state index in [9.17, 15) is 14.4 Å². The van der Waals surface area contributed by atoms with Gasteiger partial charge >= 0.3 is 0 Å². The molecular formula is C30H34N4O3. The molecule has 0 saturated heterocycles. The van der Waals surface area contributed by atoms with Gasteiger partial charge in [0, 0.05) is 28.5 Å². The first-order valence-electron chi connectivity index (χ1n) is 12.9. The summed E-state index contributed by atoms with van der Waals surface area (Å²) in [6.07, 6.45) is 5.57. The van der Waals surface area contributed by atoms with Crippen molar-refractivity contribution in [1.82, 2.24) is 10.6 Å². The average molecular weight is 499 g/mol. The van der Waals surface area contributed by atoms with Crippen LogP contribution >= 0.6 is 0 Å². The van der Waals surface area contributed by atoms with Crippen LogP contribution in [0, 0.1) is 0 Å². The maximum Gasteiger partial charge on any atom is 0.251 e. The number of carbonyl (C=O) groups is 3. The van der Waals surface area contributed by atoms with Gasteiger partial charge in [-0.2, -0.15) is 0 Å². The van der Waals surface area contributed by atoms with E-state index < -0.39 is 0 Å². The van der Waals surface area contributed by atoms with Crippen LogP contribution in [0.4, 0.5) is 11.4 Å². The van der Waals surface area contributed by atoms with E-state index in [1.54, 1.807) is 48.5 Å². The topological polar surface area (TPSA) is 99.3 Å². The molecule has 1 unspecified atom stereocenters. The Morgan fingerprint density at radius 1 is 0.784 bits per heavy atom. The minimum Gasteiger partial charge on any atom is -0.376 e. The largest absolute Gasteiger partial charge is 0.376 e. The third-order valence-electron chi connectivity index (χ3n) is 6.60. The molecule has 3 amide bonds. The fraction of sp³-hybridized carbons (Fsp3) is 0.300. The minimum atomic E-state index is -0.233. The zero-order valence-corrected chi connectivity index (χ0v) is 21.1. The minimum absolute atomic E-state index is 0.0507. The Kier molecular flexibility index (Phi) is 8.92. The van der Waals surface area contributed by atoms with Crippen LogP contribution < -0.4 is 21.3 Å². The lowest BCUT2D eigenvalue weighted by Gasteiger charge is -2.22. The molecule has 1 aliphatic rings. The molecule has 37 heavy (non-hydrogen) atoms. The van der Waals surface area contributed by atoms with Gasteiger partial charge in [0.1, 0.15) is 0 Å². The second-order valence-corrected chi connectivity index (χ2v) is 9.47. The van der Waals surface area contributed by atoms with Crippen LogP contribution in [0.3, 0.4) is 0 Å². The number of hydrogen-bond acceptors (Lipinski definition) is 4. The zero-order chi connectivity index (χ0) is 26.0. The Labute approximate surface area is 218 Å². The summed E-state index contributed by atoms with van der Waals surface area (Å²) in [4.78, 5) is 37.7. The number of rotatable bonds is 9. The van der Waals surface area contributed by atoms with E-state index >= 15 is 0 Å². The van der Waals surface area contributed by atoms with Gasteiger partial charge in [-0.3, -0.25) is 14.4 Å². The molecule has 1 atom stereocenters. The summed E-state index contributed by atoms with van der Waals surface area (Å²) < 4.78 is 0. The van der Waals surface area contributed by atoms with E-state index in [2.05, 4.69) is 21.3 Å². The van der Waals surface area contributed by atoms with Crippen LogP contribution in [0.25, 0.3) is 0 Å². The number of amides is 3. The van der Waals surface area contributed by atoms with Crippen molar-refractivity contribution in [3.8, 4) is 0 Å². The molecule has 0 aromatic heterocycles. The van der Waals surface area contributed by atoms with E-state index in [1.807, 2.05) is 37.3 Å². The predicted octanol–water partition coefficient (Wildman–Crippen LogP) is 5.29. The van der Waals surface area contributed by atoms with Crippen molar-refractivity contribution < 1.29 is 14.4 Å². The van der Waals surface area contributed by atoms with Crippen molar-refractivity contribution in [3.05, 3.63) is 95.6 Å². The van der Waals surface area contributed by atoms with E-state index in [4.69, 9.17) is 0 Å². The second kappa shape index (κ2) is 12.7. The smallest absolute Gasteiger partial charge is 0.251 e. The molecule has 3 aromatic carbocycles. The fourth-order valence-corrected chi connectivity index (χ4v) is 4.49. The van der Waals surface area contributed by atoms with Gasteiger partial charge in [0.15, 0.2) is 0 Å². The summed E-state index contributed by atoms with van der Waals surface area (Å²) in [5.74, 6) is -0.500. The number of nitrogens with one attached hydrogen (secondary N) is 4. The molecule has 1 aliphatic carbocycles. The molecule has 0 aliphatic heterocycles. The number of benzene rings is 3. The van der Waals surface area contributed by atoms with Crippen LogP contribution in [-0.4, -0.2) is 30.3 Å². The van der Waals surface area contributed by atoms with Gasteiger partial charge in [-0.1, -0.05) is 55.7 Å². The lowest BCUT2D eigenvalue weighted by Crippen LogP contribution is -2.36. The molecule has 4 rings (SSSR count). The van der Waals surface area contributed by atoms with Gasteiger partial charge in [0.25, 0.3) is 11.8 Å². The van der Waals surface area contributed by atoms with Gasteiger partial charge < -0.3 is 21.3 Å². The summed E-state index contributed by atoms with van der Waals surface area (Å²) in [6, 6.07) is 23.9. The summed E-state index contributed by atoms with van der Waals surface area (Å²) in [5.41, 5.74) is 3.41. The highest BCUT2D eigenvalue weighted by molar-refractivity contribution is 5.98. The molecule has 7 nitrogen and oxygen atoms in total. The zero-order valence-electron chi connectivity index (χ0n) is 21.1. The Morgan fingerprint density at radius 2 is 1.51 bits per heavy atom. The molecule has 1 fully saturated rings. The van der Waals surface area contributed by atoms with Gasteiger partial charge in [-0.15, -0.1) is 0 Å². The van der Waals surface area contributed by atoms with Crippen molar-refractivity contribution in [1.29, 1.82) is 0 Å². The quantitative estimate of drug-likeness (QED) is 0.322. The highest BCUT2D eigenvalue weighted by Gasteiger charge is 2.17. The van der Waals surface area contributed by atoms with Crippen molar-refractivity contribution in [2.45, 2.75) is 51.1 Å². The Bertz CT molecular complexity index is 1210. The number of anilines is 2. The molecule has 192 valence electrons. The van der Waals surface area contributed by atoms with Crippen LogP contribution in [0.15, 0.2) is 78.9 Å². The third kappa shape index (κ3) is 7.67. The van der Waals surface area contributed by atoms with Gasteiger partial charge in [0.05, 0.1) is 12.6 Å². The SMILES string of the molecule is CC(NC(=O)c1ccc(NCC(=O)Nc2cccc(C(=O)NC3CCCCC3)c2)cc1)c1ccccc1. The van der Waals surface area contributed by atoms with Gasteiger partial charge in [-0.25, -0.2) is 0 Å². The second-order valence-electron chi connectivity index (χ2n) is 9.47. The summed E-state index contributed by atoms with van der Waals surface area (Å²) in [6.45, 7) is 2.00. The van der Waals surface area contributed by atoms with Gasteiger partial charge in [-0.05, 0) is 67.8 Å². The first-order valence-corrected chi connectivity index (χ1v) is 12.9. The van der Waals surface area contributed by atoms with Crippen LogP contribution in [-0.2, 0) is 4.79 Å². The predicted molar refractivity (Wildman–Crippen MR) is 147 cm³/mol. The Balaban J connectivity index is 1.24. The third-order valence-corrected chi connectivity index (χ3v) is 6.60. The molecule has 0 heterocycles. The van der Waals surface area contributed by atoms with Crippen molar-refractivity contribution in [3.63, 3.8) is 0 Å². The highest BCUT2D eigenvalue weighted by atomic mass is 16.2. The molecule has 0 bridgehead atoms. The molecule has 7 heteroatoms. The van der Waals surface area contributed by atoms with Crippen molar-refractivity contribution in [2.24, 2.45) is 0 Å². The number of hydrogen-bond donors (Lipinski definition) is 4. The number of carbonyl (C=O) groups excluding carboxylic acids is 3. The summed E-state index contributed by atoms with van der Waals surface area (Å²) in [5, 5.41) is 12.0. The summed E-state index contributed by atoms with van der Waals surface area (Å²) in [7, 11) is 0. The molecular weight excluding hydrogens is 464 g/mol. The maximum absolute atomic E-state index is 12.6. The molecule has 0 spiro atoms. The van der Waals surface area contributed by atoms with Gasteiger partial charge in [0.2, 0.25) is 5.91 Å². The van der Waals surface area contributed by atoms with E-state index in [1.165, 1.54) is 6.42 Å². The van der Waals surface area contributed by atoms with E-state index in [0.29, 0.717) is 16.8 Å². The van der Waals surface area contributed by atoms with Crippen molar-refractivity contribution >= 4 is 29.1 Å². The molecule has 0 radical (unpaired) electrons. The lowest BCUT2D eigenvalue weighted by atomic mass is 9.95. The van der Waals surface area contributed by atoms with Crippen molar-refractivity contribution in [2.75, 3.05) is 17.2 Å². The molecule has 3 aromatic rings. The standard InChI is InChI=1S/C30H34N4O3/c1-21(22-9-4-2-5-10-22)32-29(36)23-15-17-25(18-16-23)31-20-28(35)33-27-14-8-11-24(19-27)30(37)34-26-12-6-3-7-13-26/h2,4-5,8-11,14-19,21,26,31H,3,6-7,12-13,20H2,1H3,(H,32,36)(H,33,35)(H,34,37). The first kappa shape index (κ1) is 25.9. The Morgan fingerprint density at radius 3 is 2.24 bits per heavy atom. The average Bonchev–Trinajstić information content (AvgIpc) is 2.93. The van der Waals surface area contributed by atoms with Crippen LogP contribution in [0.5, 0.6) is 0 Å². The maximum atomic E-state index is 12.6.